The van der Waals surface area contributed by atoms with Crippen molar-refractivity contribution < 1.29 is 14.2 Å². The van der Waals surface area contributed by atoms with Crippen LogP contribution in [-0.4, -0.2) is 11.7 Å². The fourth-order valence-electron chi connectivity index (χ4n) is 1.84. The number of benzene rings is 2. The number of halogens is 2. The van der Waals surface area contributed by atoms with Crippen LogP contribution in [0.2, 0.25) is 0 Å². The number of rotatable bonds is 4. The molecule has 4 heteroatoms. The van der Waals surface area contributed by atoms with E-state index in [1.807, 2.05) is 6.92 Å². The van der Waals surface area contributed by atoms with E-state index in [2.05, 4.69) is 15.9 Å². The van der Waals surface area contributed by atoms with E-state index in [1.54, 1.807) is 36.4 Å². The summed E-state index contributed by atoms with van der Waals surface area (Å²) in [5.41, 5.74) is 0.851. The molecule has 0 radical (unpaired) electrons. The van der Waals surface area contributed by atoms with Gasteiger partial charge < -0.3 is 9.84 Å². The van der Waals surface area contributed by atoms with Crippen LogP contribution < -0.4 is 4.74 Å². The zero-order chi connectivity index (χ0) is 13.8. The average Bonchev–Trinajstić information content (AvgIpc) is 2.39. The Bertz CT molecular complexity index is 572. The molecule has 1 N–H and O–H groups in total. The lowest BCUT2D eigenvalue weighted by Crippen LogP contribution is -2.03. The highest BCUT2D eigenvalue weighted by Gasteiger charge is 2.15. The molecule has 2 rings (SSSR count). The molecule has 2 aromatic rings. The van der Waals surface area contributed by atoms with Crippen molar-refractivity contribution in [2.45, 2.75) is 13.0 Å². The van der Waals surface area contributed by atoms with Crippen molar-refractivity contribution in [3.05, 3.63) is 63.9 Å². The van der Waals surface area contributed by atoms with Crippen LogP contribution in [0, 0.1) is 5.82 Å². The van der Waals surface area contributed by atoms with Gasteiger partial charge in [-0.15, -0.1) is 0 Å². The van der Waals surface area contributed by atoms with Gasteiger partial charge in [0.05, 0.1) is 6.61 Å². The lowest BCUT2D eigenvalue weighted by atomic mass is 10.0. The van der Waals surface area contributed by atoms with Crippen LogP contribution in [-0.2, 0) is 0 Å². The largest absolute Gasteiger partial charge is 0.494 e. The molecule has 2 nitrogen and oxygen atoms in total. The van der Waals surface area contributed by atoms with E-state index in [-0.39, 0.29) is 5.56 Å². The van der Waals surface area contributed by atoms with Gasteiger partial charge >= 0.3 is 0 Å². The summed E-state index contributed by atoms with van der Waals surface area (Å²) in [7, 11) is 0. The van der Waals surface area contributed by atoms with Crippen molar-refractivity contribution in [1.29, 1.82) is 0 Å². The molecule has 0 aliphatic carbocycles. The molecule has 1 unspecified atom stereocenters. The molecule has 0 aliphatic rings. The predicted octanol–water partition coefficient (Wildman–Crippen LogP) is 4.07. The summed E-state index contributed by atoms with van der Waals surface area (Å²) in [6.07, 6.45) is -1.01. The second-order valence-electron chi connectivity index (χ2n) is 4.07. The van der Waals surface area contributed by atoms with Crippen LogP contribution in [0.5, 0.6) is 5.75 Å². The normalized spacial score (nSPS) is 12.2. The van der Waals surface area contributed by atoms with Crippen molar-refractivity contribution in [3.63, 3.8) is 0 Å². The molecule has 0 bridgehead atoms. The summed E-state index contributed by atoms with van der Waals surface area (Å²) < 4.78 is 19.8. The van der Waals surface area contributed by atoms with Crippen LogP contribution in [0.25, 0.3) is 0 Å². The van der Waals surface area contributed by atoms with E-state index >= 15 is 0 Å². The van der Waals surface area contributed by atoms with Gasteiger partial charge in [-0.25, -0.2) is 4.39 Å². The molecule has 0 saturated heterocycles. The van der Waals surface area contributed by atoms with Gasteiger partial charge in [0.15, 0.2) is 0 Å². The first kappa shape index (κ1) is 14.0. The minimum absolute atomic E-state index is 0.247. The summed E-state index contributed by atoms with van der Waals surface area (Å²) in [5, 5.41) is 10.2. The van der Waals surface area contributed by atoms with E-state index in [0.717, 1.165) is 0 Å². The Balaban J connectivity index is 2.32. The first-order valence-corrected chi connectivity index (χ1v) is 6.77. The Kier molecular flexibility index (Phi) is 4.56. The third-order valence-corrected chi connectivity index (χ3v) is 3.24. The van der Waals surface area contributed by atoms with Gasteiger partial charge in [-0.2, -0.15) is 0 Å². The summed E-state index contributed by atoms with van der Waals surface area (Å²) in [4.78, 5) is 0. The molecule has 100 valence electrons. The maximum atomic E-state index is 13.8. The highest BCUT2D eigenvalue weighted by Crippen LogP contribution is 2.28. The second-order valence-corrected chi connectivity index (χ2v) is 4.99. The third kappa shape index (κ3) is 3.33. The quantitative estimate of drug-likeness (QED) is 0.918. The van der Waals surface area contributed by atoms with E-state index in [9.17, 15) is 9.50 Å². The van der Waals surface area contributed by atoms with Gasteiger partial charge in [-0.3, -0.25) is 0 Å². The Morgan fingerprint density at radius 1 is 1.26 bits per heavy atom. The molecule has 0 heterocycles. The molecule has 19 heavy (non-hydrogen) atoms. The molecule has 0 spiro atoms. The van der Waals surface area contributed by atoms with Crippen LogP contribution in [0.1, 0.15) is 24.2 Å². The highest BCUT2D eigenvalue weighted by atomic mass is 79.9. The number of hydrogen-bond acceptors (Lipinski definition) is 2. The maximum absolute atomic E-state index is 13.8. The lowest BCUT2D eigenvalue weighted by Gasteiger charge is -2.14. The molecule has 1 atom stereocenters. The second kappa shape index (κ2) is 6.17. The Morgan fingerprint density at radius 2 is 2.05 bits per heavy atom. The van der Waals surface area contributed by atoms with Gasteiger partial charge in [0, 0.05) is 10.0 Å². The van der Waals surface area contributed by atoms with E-state index in [0.29, 0.717) is 22.4 Å². The zero-order valence-corrected chi connectivity index (χ0v) is 12.0. The topological polar surface area (TPSA) is 29.5 Å². The van der Waals surface area contributed by atoms with Gasteiger partial charge in [-0.1, -0.05) is 34.1 Å². The van der Waals surface area contributed by atoms with Crippen LogP contribution in [0.3, 0.4) is 0 Å². The molecule has 2 aromatic carbocycles. The number of hydrogen-bond donors (Lipinski definition) is 1. The minimum atomic E-state index is -1.01. The average molecular weight is 325 g/mol. The van der Waals surface area contributed by atoms with E-state index < -0.39 is 11.9 Å². The molecule has 0 amide bonds. The number of aliphatic hydroxyl groups is 1. The lowest BCUT2D eigenvalue weighted by molar-refractivity contribution is 0.214. The van der Waals surface area contributed by atoms with Gasteiger partial charge in [0.2, 0.25) is 0 Å². The molecule has 0 saturated carbocycles. The molecule has 0 aromatic heterocycles. The maximum Gasteiger partial charge on any atom is 0.130 e. The number of ether oxygens (including phenoxy) is 1. The molecule has 0 aliphatic heterocycles. The van der Waals surface area contributed by atoms with Crippen molar-refractivity contribution >= 4 is 15.9 Å². The van der Waals surface area contributed by atoms with Crippen LogP contribution in [0.15, 0.2) is 46.9 Å². The third-order valence-electron chi connectivity index (χ3n) is 2.74. The smallest absolute Gasteiger partial charge is 0.130 e. The minimum Gasteiger partial charge on any atom is -0.494 e. The Hall–Kier alpha value is -1.39. The Labute approximate surface area is 120 Å². The van der Waals surface area contributed by atoms with Gasteiger partial charge in [0.25, 0.3) is 0 Å². The number of aliphatic hydroxyl groups excluding tert-OH is 1. The monoisotopic (exact) mass is 324 g/mol. The molecular weight excluding hydrogens is 311 g/mol. The predicted molar refractivity (Wildman–Crippen MR) is 75.8 cm³/mol. The summed E-state index contributed by atoms with van der Waals surface area (Å²) >= 11 is 3.19. The fraction of sp³-hybridized carbons (Fsp3) is 0.200. The van der Waals surface area contributed by atoms with Crippen LogP contribution >= 0.6 is 15.9 Å². The molecular formula is C15H14BrFO2. The van der Waals surface area contributed by atoms with E-state index in [1.165, 1.54) is 6.07 Å². The first-order valence-electron chi connectivity index (χ1n) is 5.97. The first-order chi connectivity index (χ1) is 9.11. The summed E-state index contributed by atoms with van der Waals surface area (Å²) in [5.74, 6) is 0.222. The summed E-state index contributed by atoms with van der Waals surface area (Å²) in [6.45, 7) is 2.43. The zero-order valence-electron chi connectivity index (χ0n) is 10.4. The SMILES string of the molecule is CCOc1cccc(C(O)c2ccc(Br)cc2F)c1. The Morgan fingerprint density at radius 3 is 2.74 bits per heavy atom. The van der Waals surface area contributed by atoms with E-state index in [4.69, 9.17) is 4.74 Å². The molecule has 0 fully saturated rings. The van der Waals surface area contributed by atoms with Crippen LogP contribution in [0.4, 0.5) is 4.39 Å². The van der Waals surface area contributed by atoms with Crippen molar-refractivity contribution in [2.75, 3.05) is 6.61 Å². The van der Waals surface area contributed by atoms with Crippen molar-refractivity contribution in [2.24, 2.45) is 0 Å². The summed E-state index contributed by atoms with van der Waals surface area (Å²) in [6, 6.07) is 11.7. The standard InChI is InChI=1S/C15H14BrFO2/c1-2-19-12-5-3-4-10(8-12)15(18)13-7-6-11(16)9-14(13)17/h3-9,15,18H,2H2,1H3. The fourth-order valence-corrected chi connectivity index (χ4v) is 2.18. The van der Waals surface area contributed by atoms with Crippen molar-refractivity contribution in [3.8, 4) is 5.75 Å². The van der Waals surface area contributed by atoms with Gasteiger partial charge in [-0.05, 0) is 36.8 Å². The van der Waals surface area contributed by atoms with Crippen molar-refractivity contribution in [1.82, 2.24) is 0 Å². The highest BCUT2D eigenvalue weighted by molar-refractivity contribution is 9.10. The van der Waals surface area contributed by atoms with Gasteiger partial charge in [0.1, 0.15) is 17.7 Å².